The van der Waals surface area contributed by atoms with Gasteiger partial charge in [0.2, 0.25) is 0 Å². The fraction of sp³-hybridized carbons (Fsp3) is 0.294. The van der Waals surface area contributed by atoms with Gasteiger partial charge in [-0.25, -0.2) is 4.39 Å². The first-order chi connectivity index (χ1) is 10.0. The standard InChI is InChI=1S/C17H19BrFNO/c1-11-4-5-17(21-3)15(6-11)16(20-2)9-12-7-13(18)10-14(19)8-12/h4-8,10,16,20H,9H2,1-3H3. The van der Waals surface area contributed by atoms with Gasteiger partial charge in [0.25, 0.3) is 0 Å². The van der Waals surface area contributed by atoms with Gasteiger partial charge < -0.3 is 10.1 Å². The Labute approximate surface area is 133 Å². The van der Waals surface area contributed by atoms with E-state index >= 15 is 0 Å². The first kappa shape index (κ1) is 16.0. The number of hydrogen-bond donors (Lipinski definition) is 1. The molecule has 0 aliphatic heterocycles. The van der Waals surface area contributed by atoms with E-state index < -0.39 is 0 Å². The smallest absolute Gasteiger partial charge is 0.124 e. The molecule has 0 saturated heterocycles. The van der Waals surface area contributed by atoms with Crippen LogP contribution in [0.1, 0.15) is 22.7 Å². The number of ether oxygens (including phenoxy) is 1. The predicted molar refractivity (Wildman–Crippen MR) is 87.3 cm³/mol. The Balaban J connectivity index is 2.33. The van der Waals surface area contributed by atoms with Crippen LogP contribution in [0.4, 0.5) is 4.39 Å². The van der Waals surface area contributed by atoms with Crippen LogP contribution in [0.3, 0.4) is 0 Å². The van der Waals surface area contributed by atoms with Crippen LogP contribution in [0.2, 0.25) is 0 Å². The van der Waals surface area contributed by atoms with Gasteiger partial charge in [-0.15, -0.1) is 0 Å². The summed E-state index contributed by atoms with van der Waals surface area (Å²) in [4.78, 5) is 0. The number of rotatable bonds is 5. The molecule has 1 unspecified atom stereocenters. The van der Waals surface area contributed by atoms with E-state index in [9.17, 15) is 4.39 Å². The molecule has 1 atom stereocenters. The van der Waals surface area contributed by atoms with E-state index in [1.165, 1.54) is 11.6 Å². The van der Waals surface area contributed by atoms with Gasteiger partial charge in [-0.05, 0) is 50.2 Å². The third-order valence-electron chi connectivity index (χ3n) is 3.47. The van der Waals surface area contributed by atoms with E-state index in [1.807, 2.05) is 25.2 Å². The Hall–Kier alpha value is -1.39. The normalized spacial score (nSPS) is 12.2. The first-order valence-electron chi connectivity index (χ1n) is 6.80. The molecular formula is C17H19BrFNO. The van der Waals surface area contributed by atoms with Crippen LogP contribution >= 0.6 is 15.9 Å². The third kappa shape index (κ3) is 4.05. The van der Waals surface area contributed by atoms with Crippen LogP contribution < -0.4 is 10.1 Å². The molecule has 0 radical (unpaired) electrons. The fourth-order valence-electron chi connectivity index (χ4n) is 2.46. The number of halogens is 2. The van der Waals surface area contributed by atoms with Crippen molar-refractivity contribution in [3.63, 3.8) is 0 Å². The van der Waals surface area contributed by atoms with E-state index in [4.69, 9.17) is 4.74 Å². The minimum atomic E-state index is -0.231. The predicted octanol–water partition coefficient (Wildman–Crippen LogP) is 4.41. The van der Waals surface area contributed by atoms with Gasteiger partial charge in [-0.2, -0.15) is 0 Å². The minimum absolute atomic E-state index is 0.0635. The van der Waals surface area contributed by atoms with Crippen molar-refractivity contribution >= 4 is 15.9 Å². The summed E-state index contributed by atoms with van der Waals surface area (Å²) in [5.74, 6) is 0.612. The number of hydrogen-bond acceptors (Lipinski definition) is 2. The lowest BCUT2D eigenvalue weighted by atomic mass is 9.96. The molecule has 2 aromatic carbocycles. The van der Waals surface area contributed by atoms with Crippen molar-refractivity contribution in [2.45, 2.75) is 19.4 Å². The summed E-state index contributed by atoms with van der Waals surface area (Å²) in [6.45, 7) is 2.05. The summed E-state index contributed by atoms with van der Waals surface area (Å²) in [5, 5.41) is 3.29. The quantitative estimate of drug-likeness (QED) is 0.861. The van der Waals surface area contributed by atoms with Crippen molar-refractivity contribution in [1.29, 1.82) is 0 Å². The Morgan fingerprint density at radius 3 is 2.62 bits per heavy atom. The molecule has 0 fully saturated rings. The second-order valence-corrected chi connectivity index (χ2v) is 5.98. The fourth-order valence-corrected chi connectivity index (χ4v) is 2.97. The van der Waals surface area contributed by atoms with E-state index in [0.717, 1.165) is 21.3 Å². The lowest BCUT2D eigenvalue weighted by molar-refractivity contribution is 0.401. The zero-order valence-electron chi connectivity index (χ0n) is 12.4. The van der Waals surface area contributed by atoms with Crippen molar-refractivity contribution in [3.8, 4) is 5.75 Å². The van der Waals surface area contributed by atoms with Crippen LogP contribution in [0.25, 0.3) is 0 Å². The van der Waals surface area contributed by atoms with Gasteiger partial charge in [-0.1, -0.05) is 33.6 Å². The van der Waals surface area contributed by atoms with Crippen LogP contribution in [0.5, 0.6) is 5.75 Å². The summed E-state index contributed by atoms with van der Waals surface area (Å²) < 4.78 is 19.7. The second kappa shape index (κ2) is 7.05. The molecule has 21 heavy (non-hydrogen) atoms. The Morgan fingerprint density at radius 2 is 2.00 bits per heavy atom. The van der Waals surface area contributed by atoms with Gasteiger partial charge in [0.1, 0.15) is 11.6 Å². The number of nitrogens with one attached hydrogen (secondary N) is 1. The second-order valence-electron chi connectivity index (χ2n) is 5.07. The van der Waals surface area contributed by atoms with Crippen molar-refractivity contribution < 1.29 is 9.13 Å². The SMILES string of the molecule is CNC(Cc1cc(F)cc(Br)c1)c1cc(C)ccc1OC. The Kier molecular flexibility index (Phi) is 5.37. The van der Waals surface area contributed by atoms with Gasteiger partial charge in [-0.3, -0.25) is 0 Å². The van der Waals surface area contributed by atoms with Gasteiger partial charge >= 0.3 is 0 Å². The highest BCUT2D eigenvalue weighted by atomic mass is 79.9. The first-order valence-corrected chi connectivity index (χ1v) is 7.59. The van der Waals surface area contributed by atoms with E-state index in [2.05, 4.69) is 34.2 Å². The van der Waals surface area contributed by atoms with Crippen molar-refractivity contribution in [2.24, 2.45) is 0 Å². The molecule has 0 saturated carbocycles. The maximum absolute atomic E-state index is 13.5. The molecule has 0 bridgehead atoms. The van der Waals surface area contributed by atoms with Crippen LogP contribution in [0, 0.1) is 12.7 Å². The zero-order valence-corrected chi connectivity index (χ0v) is 14.0. The van der Waals surface area contributed by atoms with Crippen LogP contribution in [-0.2, 0) is 6.42 Å². The lowest BCUT2D eigenvalue weighted by Gasteiger charge is -2.20. The number of benzene rings is 2. The molecule has 2 nitrogen and oxygen atoms in total. The summed E-state index contributed by atoms with van der Waals surface area (Å²) in [6, 6.07) is 11.1. The topological polar surface area (TPSA) is 21.3 Å². The van der Waals surface area contributed by atoms with Crippen molar-refractivity contribution in [3.05, 3.63) is 63.4 Å². The highest BCUT2D eigenvalue weighted by Gasteiger charge is 2.16. The van der Waals surface area contributed by atoms with Crippen molar-refractivity contribution in [1.82, 2.24) is 5.32 Å². The molecule has 0 amide bonds. The minimum Gasteiger partial charge on any atom is -0.496 e. The van der Waals surface area contributed by atoms with Gasteiger partial charge in [0.15, 0.2) is 0 Å². The molecule has 112 valence electrons. The maximum atomic E-state index is 13.5. The largest absolute Gasteiger partial charge is 0.496 e. The number of likely N-dealkylation sites (N-methyl/N-ethyl adjacent to an activating group) is 1. The molecular weight excluding hydrogens is 333 g/mol. The molecule has 0 aromatic heterocycles. The summed E-state index contributed by atoms with van der Waals surface area (Å²) in [6.07, 6.45) is 0.687. The summed E-state index contributed by atoms with van der Waals surface area (Å²) in [5.41, 5.74) is 3.19. The van der Waals surface area contributed by atoms with E-state index in [1.54, 1.807) is 13.2 Å². The average molecular weight is 352 g/mol. The molecule has 1 N–H and O–H groups in total. The molecule has 4 heteroatoms. The average Bonchev–Trinajstić information content (AvgIpc) is 2.43. The lowest BCUT2D eigenvalue weighted by Crippen LogP contribution is -2.19. The van der Waals surface area contributed by atoms with Crippen molar-refractivity contribution in [2.75, 3.05) is 14.2 Å². The molecule has 0 spiro atoms. The zero-order chi connectivity index (χ0) is 15.4. The molecule has 0 heterocycles. The molecule has 0 aliphatic carbocycles. The molecule has 2 aromatic rings. The van der Waals surface area contributed by atoms with E-state index in [0.29, 0.717) is 6.42 Å². The van der Waals surface area contributed by atoms with Crippen LogP contribution in [-0.4, -0.2) is 14.2 Å². The van der Waals surface area contributed by atoms with Gasteiger partial charge in [0.05, 0.1) is 7.11 Å². The summed E-state index contributed by atoms with van der Waals surface area (Å²) in [7, 11) is 3.57. The number of methoxy groups -OCH3 is 1. The van der Waals surface area contributed by atoms with Gasteiger partial charge in [0, 0.05) is 16.1 Å². The number of aryl methyl sites for hydroxylation is 1. The highest BCUT2D eigenvalue weighted by molar-refractivity contribution is 9.10. The summed E-state index contributed by atoms with van der Waals surface area (Å²) >= 11 is 3.34. The molecule has 0 aliphatic rings. The maximum Gasteiger partial charge on any atom is 0.124 e. The molecule has 2 rings (SSSR count). The third-order valence-corrected chi connectivity index (χ3v) is 3.93. The monoisotopic (exact) mass is 351 g/mol. The Bertz CT molecular complexity index is 610. The van der Waals surface area contributed by atoms with E-state index in [-0.39, 0.29) is 11.9 Å². The Morgan fingerprint density at radius 1 is 1.24 bits per heavy atom. The highest BCUT2D eigenvalue weighted by Crippen LogP contribution is 2.29. The van der Waals surface area contributed by atoms with Crippen LogP contribution in [0.15, 0.2) is 40.9 Å².